The minimum Gasteiger partial charge on any atom is -0.462 e. The number of carbonyl (C=O) groups is 2. The largest absolute Gasteiger partial charge is 0.462 e. The van der Waals surface area contributed by atoms with Gasteiger partial charge in [-0.1, -0.05) is 24.3 Å². The Morgan fingerprint density at radius 2 is 1.23 bits per heavy atom. The summed E-state index contributed by atoms with van der Waals surface area (Å²) in [6, 6.07) is 11.8. The molecule has 0 unspecified atom stereocenters. The maximum absolute atomic E-state index is 13.5. The Kier molecular flexibility index (Phi) is 5.49. The van der Waals surface area contributed by atoms with E-state index in [1.807, 2.05) is 0 Å². The van der Waals surface area contributed by atoms with Crippen molar-refractivity contribution in [3.63, 3.8) is 0 Å². The van der Waals surface area contributed by atoms with Gasteiger partial charge in [0.1, 0.15) is 16.5 Å². The van der Waals surface area contributed by atoms with Crippen molar-refractivity contribution in [2.75, 3.05) is 6.61 Å². The molecule has 2 heterocycles. The van der Waals surface area contributed by atoms with Gasteiger partial charge < -0.3 is 4.74 Å². The second kappa shape index (κ2) is 8.08. The van der Waals surface area contributed by atoms with Crippen molar-refractivity contribution in [1.82, 2.24) is 0 Å². The van der Waals surface area contributed by atoms with E-state index in [2.05, 4.69) is 0 Å². The van der Waals surface area contributed by atoms with Gasteiger partial charge in [-0.3, -0.25) is 4.79 Å². The molecular formula is C23H16F2O3S2. The van der Waals surface area contributed by atoms with Crippen molar-refractivity contribution < 1.29 is 23.1 Å². The first kappa shape index (κ1) is 20.4. The molecule has 152 valence electrons. The first-order valence-electron chi connectivity index (χ1n) is 9.20. The van der Waals surface area contributed by atoms with Crippen LogP contribution in [0.3, 0.4) is 0 Å². The van der Waals surface area contributed by atoms with Gasteiger partial charge in [0.2, 0.25) is 0 Å². The van der Waals surface area contributed by atoms with Crippen LogP contribution in [0, 0.1) is 11.6 Å². The normalized spacial score (nSPS) is 11.1. The third-order valence-electron chi connectivity index (χ3n) is 4.57. The highest BCUT2D eigenvalue weighted by atomic mass is 32.1. The lowest BCUT2D eigenvalue weighted by molar-refractivity contribution is 0.0533. The van der Waals surface area contributed by atoms with E-state index in [1.54, 1.807) is 31.2 Å². The van der Waals surface area contributed by atoms with Gasteiger partial charge in [-0.2, -0.15) is 0 Å². The minimum absolute atomic E-state index is 0.120. The van der Waals surface area contributed by atoms with E-state index in [9.17, 15) is 18.4 Å². The van der Waals surface area contributed by atoms with Gasteiger partial charge in [-0.15, -0.1) is 22.7 Å². The zero-order chi connectivity index (χ0) is 21.4. The van der Waals surface area contributed by atoms with Gasteiger partial charge in [0.05, 0.1) is 20.9 Å². The SMILES string of the molecule is CCOC(=O)c1sc2c(-c3ccc(F)cc3)c(C(C)=O)sc2c1-c1ccc(F)cc1. The van der Waals surface area contributed by atoms with Crippen LogP contribution < -0.4 is 0 Å². The fraction of sp³-hybridized carbons (Fsp3) is 0.130. The number of ketones is 1. The van der Waals surface area contributed by atoms with E-state index in [0.717, 1.165) is 9.40 Å². The summed E-state index contributed by atoms with van der Waals surface area (Å²) in [6.07, 6.45) is 0. The quantitative estimate of drug-likeness (QED) is 0.248. The van der Waals surface area contributed by atoms with Crippen LogP contribution >= 0.6 is 22.7 Å². The maximum Gasteiger partial charge on any atom is 0.349 e. The molecule has 4 aromatic rings. The molecule has 7 heteroatoms. The zero-order valence-corrected chi connectivity index (χ0v) is 17.8. The maximum atomic E-state index is 13.5. The number of benzene rings is 2. The van der Waals surface area contributed by atoms with Crippen molar-refractivity contribution in [2.45, 2.75) is 13.8 Å². The Morgan fingerprint density at radius 1 is 0.800 bits per heavy atom. The van der Waals surface area contributed by atoms with Crippen molar-refractivity contribution in [2.24, 2.45) is 0 Å². The lowest BCUT2D eigenvalue weighted by Gasteiger charge is -2.05. The van der Waals surface area contributed by atoms with Crippen molar-refractivity contribution in [3.8, 4) is 22.3 Å². The molecule has 0 radical (unpaired) electrons. The van der Waals surface area contributed by atoms with Crippen LogP contribution in [-0.4, -0.2) is 18.4 Å². The summed E-state index contributed by atoms with van der Waals surface area (Å²) in [5, 5.41) is 0. The molecule has 0 aliphatic rings. The molecule has 0 saturated heterocycles. The third kappa shape index (κ3) is 3.55. The summed E-state index contributed by atoms with van der Waals surface area (Å²) >= 11 is 2.51. The number of hydrogen-bond donors (Lipinski definition) is 0. The number of Topliss-reactive ketones (excluding diaryl/α,β-unsaturated/α-hetero) is 1. The fourth-order valence-corrected chi connectivity index (χ4v) is 6.03. The van der Waals surface area contributed by atoms with Crippen LogP contribution in [0.15, 0.2) is 48.5 Å². The lowest BCUT2D eigenvalue weighted by atomic mass is 10.0. The Morgan fingerprint density at radius 3 is 1.67 bits per heavy atom. The first-order chi connectivity index (χ1) is 14.4. The molecule has 0 aliphatic carbocycles. The molecule has 3 nitrogen and oxygen atoms in total. The molecule has 0 spiro atoms. The summed E-state index contributed by atoms with van der Waals surface area (Å²) < 4.78 is 33.7. The fourth-order valence-electron chi connectivity index (χ4n) is 3.28. The van der Waals surface area contributed by atoms with Crippen LogP contribution in [0.5, 0.6) is 0 Å². The predicted octanol–water partition coefficient (Wildman–Crippen LogP) is 6.95. The van der Waals surface area contributed by atoms with Crippen molar-refractivity contribution in [3.05, 3.63) is 69.9 Å². The van der Waals surface area contributed by atoms with Gasteiger partial charge in [0.15, 0.2) is 5.78 Å². The van der Waals surface area contributed by atoms with Crippen LogP contribution in [0.2, 0.25) is 0 Å². The summed E-state index contributed by atoms with van der Waals surface area (Å²) in [5.74, 6) is -1.35. The predicted molar refractivity (Wildman–Crippen MR) is 116 cm³/mol. The van der Waals surface area contributed by atoms with Crippen molar-refractivity contribution >= 4 is 43.8 Å². The van der Waals surface area contributed by atoms with Crippen LogP contribution in [0.1, 0.15) is 33.2 Å². The molecule has 0 atom stereocenters. The molecule has 30 heavy (non-hydrogen) atoms. The van der Waals surface area contributed by atoms with Gasteiger partial charge in [-0.05, 0) is 49.2 Å². The number of fused-ring (bicyclic) bond motifs is 1. The van der Waals surface area contributed by atoms with E-state index in [4.69, 9.17) is 4.74 Å². The van der Waals surface area contributed by atoms with Gasteiger partial charge in [0.25, 0.3) is 0 Å². The molecule has 0 aliphatic heterocycles. The molecule has 0 N–H and O–H groups in total. The zero-order valence-electron chi connectivity index (χ0n) is 16.1. The number of carbonyl (C=O) groups excluding carboxylic acids is 2. The molecule has 0 saturated carbocycles. The average molecular weight is 443 g/mol. The molecule has 2 aromatic carbocycles. The van der Waals surface area contributed by atoms with Crippen LogP contribution in [0.25, 0.3) is 31.7 Å². The summed E-state index contributed by atoms with van der Waals surface area (Å²) in [6.45, 7) is 3.42. The van der Waals surface area contributed by atoms with Gasteiger partial charge >= 0.3 is 5.97 Å². The number of thiophene rings is 2. The summed E-state index contributed by atoms with van der Waals surface area (Å²) in [4.78, 5) is 26.0. The van der Waals surface area contributed by atoms with Crippen LogP contribution in [-0.2, 0) is 4.74 Å². The number of halogens is 2. The summed E-state index contributed by atoms with van der Waals surface area (Å²) in [7, 11) is 0. The molecule has 2 aromatic heterocycles. The van der Waals surface area contributed by atoms with Gasteiger partial charge in [0, 0.05) is 11.1 Å². The number of hydrogen-bond acceptors (Lipinski definition) is 5. The number of esters is 1. The Hall–Kier alpha value is -2.90. The smallest absolute Gasteiger partial charge is 0.349 e. The van der Waals surface area contributed by atoms with E-state index < -0.39 is 5.97 Å². The number of ether oxygens (including phenoxy) is 1. The third-order valence-corrected chi connectivity index (χ3v) is 7.19. The van der Waals surface area contributed by atoms with Crippen LogP contribution in [0.4, 0.5) is 8.78 Å². The second-order valence-electron chi connectivity index (χ2n) is 6.56. The summed E-state index contributed by atoms with van der Waals surface area (Å²) in [5.41, 5.74) is 2.64. The molecule has 4 rings (SSSR count). The highest BCUT2D eigenvalue weighted by Crippen LogP contribution is 2.49. The standard InChI is InChI=1S/C23H16F2O3S2/c1-3-28-23(27)22-18(14-6-10-16(25)11-7-14)21-20(30-22)17(19(29-21)12(2)26)13-4-8-15(24)9-5-13/h4-11H,3H2,1-2H3. The second-order valence-corrected chi connectivity index (χ2v) is 8.60. The first-order valence-corrected chi connectivity index (χ1v) is 10.8. The highest BCUT2D eigenvalue weighted by molar-refractivity contribution is 7.31. The van der Waals surface area contributed by atoms with E-state index >= 15 is 0 Å². The Bertz CT molecular complexity index is 1250. The van der Waals surface area contributed by atoms with Gasteiger partial charge in [-0.25, -0.2) is 13.6 Å². The monoisotopic (exact) mass is 442 g/mol. The molecule has 0 fully saturated rings. The lowest BCUT2D eigenvalue weighted by Crippen LogP contribution is -2.03. The average Bonchev–Trinajstić information content (AvgIpc) is 3.26. The van der Waals surface area contributed by atoms with Crippen molar-refractivity contribution in [1.29, 1.82) is 0 Å². The Balaban J connectivity index is 2.05. The Labute approximate surface area is 179 Å². The molecule has 0 bridgehead atoms. The van der Waals surface area contributed by atoms with E-state index in [-0.39, 0.29) is 24.0 Å². The van der Waals surface area contributed by atoms with E-state index in [1.165, 1.54) is 53.9 Å². The minimum atomic E-state index is -0.473. The molecule has 0 amide bonds. The van der Waals surface area contributed by atoms with E-state index in [0.29, 0.717) is 32.0 Å². The topological polar surface area (TPSA) is 43.4 Å². The number of rotatable bonds is 5. The molecular weight excluding hydrogens is 426 g/mol. The highest BCUT2D eigenvalue weighted by Gasteiger charge is 2.27.